The molecule has 0 aromatic carbocycles. The Hall–Kier alpha value is -1.31. The van der Waals surface area contributed by atoms with Gasteiger partial charge in [0, 0.05) is 11.9 Å². The van der Waals surface area contributed by atoms with Crippen LogP contribution in [0.1, 0.15) is 27.7 Å². The predicted molar refractivity (Wildman–Crippen MR) is 67.2 cm³/mol. The fourth-order valence-electron chi connectivity index (χ4n) is 2.78. The van der Waals surface area contributed by atoms with Gasteiger partial charge in [-0.3, -0.25) is 4.99 Å². The molecule has 2 heteroatoms. The maximum atomic E-state index is 4.57. The summed E-state index contributed by atoms with van der Waals surface area (Å²) in [6.45, 7) is 8.96. The third kappa shape index (κ3) is 0.909. The average molecular weight is 214 g/mol. The van der Waals surface area contributed by atoms with Gasteiger partial charge in [-0.25, -0.2) is 0 Å². The maximum Gasteiger partial charge on any atom is 0.0860 e. The van der Waals surface area contributed by atoms with E-state index in [0.717, 1.165) is 0 Å². The fraction of sp³-hybridized carbons (Fsp3) is 0.500. The second-order valence-electron chi connectivity index (χ2n) is 5.64. The van der Waals surface area contributed by atoms with Crippen LogP contribution < -0.4 is 5.32 Å². The zero-order valence-corrected chi connectivity index (χ0v) is 10.3. The Morgan fingerprint density at radius 2 is 2.00 bits per heavy atom. The summed E-state index contributed by atoms with van der Waals surface area (Å²) < 4.78 is 0. The number of rotatable bonds is 1. The van der Waals surface area contributed by atoms with E-state index >= 15 is 0 Å². The van der Waals surface area contributed by atoms with Crippen LogP contribution in [0.15, 0.2) is 40.2 Å². The van der Waals surface area contributed by atoms with Crippen molar-refractivity contribution in [2.24, 2.45) is 16.3 Å². The van der Waals surface area contributed by atoms with Crippen LogP contribution >= 0.6 is 0 Å². The third-order valence-electron chi connectivity index (χ3n) is 4.36. The molecule has 0 spiro atoms. The van der Waals surface area contributed by atoms with Crippen molar-refractivity contribution in [3.8, 4) is 0 Å². The van der Waals surface area contributed by atoms with Crippen molar-refractivity contribution < 1.29 is 0 Å². The molecule has 1 aliphatic carbocycles. The molecule has 0 bridgehead atoms. The lowest BCUT2D eigenvalue weighted by atomic mass is 9.62. The lowest BCUT2D eigenvalue weighted by Gasteiger charge is -2.54. The van der Waals surface area contributed by atoms with E-state index in [1.54, 1.807) is 0 Å². The molecular weight excluding hydrogens is 196 g/mol. The van der Waals surface area contributed by atoms with Gasteiger partial charge in [-0.05, 0) is 37.5 Å². The number of nitrogens with zero attached hydrogens (tertiary/aromatic N) is 1. The van der Waals surface area contributed by atoms with Crippen molar-refractivity contribution in [3.05, 3.63) is 35.2 Å². The Kier molecular flexibility index (Phi) is 1.65. The summed E-state index contributed by atoms with van der Waals surface area (Å²) in [5.74, 6) is 0.560. The van der Waals surface area contributed by atoms with E-state index < -0.39 is 0 Å². The van der Waals surface area contributed by atoms with Crippen LogP contribution in [0.3, 0.4) is 0 Å². The first-order valence-corrected chi connectivity index (χ1v) is 5.95. The summed E-state index contributed by atoms with van der Waals surface area (Å²) in [6.07, 6.45) is 8.73. The first-order chi connectivity index (χ1) is 7.47. The van der Waals surface area contributed by atoms with Gasteiger partial charge >= 0.3 is 0 Å². The normalized spacial score (nSPS) is 39.2. The van der Waals surface area contributed by atoms with E-state index in [1.165, 1.54) is 17.0 Å². The molecule has 0 radical (unpaired) electrons. The van der Waals surface area contributed by atoms with Crippen LogP contribution in [-0.4, -0.2) is 11.8 Å². The SMILES string of the molecule is CC(C)C1=CC=C2N=CC3(C)NC(=C1)C23C. The van der Waals surface area contributed by atoms with Gasteiger partial charge in [0.2, 0.25) is 0 Å². The Morgan fingerprint density at radius 1 is 1.25 bits per heavy atom. The molecule has 16 heavy (non-hydrogen) atoms. The molecule has 3 rings (SSSR count). The first-order valence-electron chi connectivity index (χ1n) is 5.95. The Labute approximate surface area is 96.8 Å². The van der Waals surface area contributed by atoms with E-state index in [9.17, 15) is 0 Å². The number of allylic oxidation sites excluding steroid dienone is 4. The number of nitrogens with one attached hydrogen (secondary N) is 1. The highest BCUT2D eigenvalue weighted by Crippen LogP contribution is 2.56. The quantitative estimate of drug-likeness (QED) is 0.713. The van der Waals surface area contributed by atoms with Crippen molar-refractivity contribution in [1.82, 2.24) is 5.32 Å². The van der Waals surface area contributed by atoms with Gasteiger partial charge in [-0.1, -0.05) is 19.9 Å². The molecule has 2 atom stereocenters. The summed E-state index contributed by atoms with van der Waals surface area (Å²) in [7, 11) is 0. The van der Waals surface area contributed by atoms with Crippen LogP contribution in [-0.2, 0) is 0 Å². The second-order valence-corrected chi connectivity index (χ2v) is 5.64. The lowest BCUT2D eigenvalue weighted by molar-refractivity contribution is 0.195. The van der Waals surface area contributed by atoms with E-state index in [1.807, 2.05) is 6.21 Å². The summed E-state index contributed by atoms with van der Waals surface area (Å²) >= 11 is 0. The van der Waals surface area contributed by atoms with E-state index in [2.05, 4.69) is 56.2 Å². The lowest BCUT2D eigenvalue weighted by Crippen LogP contribution is -2.67. The molecule has 3 aliphatic rings. The van der Waals surface area contributed by atoms with Crippen molar-refractivity contribution in [1.29, 1.82) is 0 Å². The fourth-order valence-corrected chi connectivity index (χ4v) is 2.78. The van der Waals surface area contributed by atoms with E-state index in [0.29, 0.717) is 5.92 Å². The maximum absolute atomic E-state index is 4.57. The minimum Gasteiger partial charge on any atom is -0.376 e. The van der Waals surface area contributed by atoms with Crippen molar-refractivity contribution in [3.63, 3.8) is 0 Å². The minimum absolute atomic E-state index is 0.0188. The molecule has 2 aliphatic heterocycles. The third-order valence-corrected chi connectivity index (χ3v) is 4.36. The van der Waals surface area contributed by atoms with Gasteiger partial charge in [-0.15, -0.1) is 0 Å². The Morgan fingerprint density at radius 3 is 2.69 bits per heavy atom. The van der Waals surface area contributed by atoms with Gasteiger partial charge in [0.15, 0.2) is 0 Å². The standard InChI is InChI=1S/C14H18N2/c1-9(2)10-5-6-11-14(4)12(7-10)16-13(14,3)8-15-11/h5-9,16H,1-4H3. The molecular formula is C14H18N2. The highest BCUT2D eigenvalue weighted by Gasteiger charge is 2.61. The highest BCUT2D eigenvalue weighted by atomic mass is 15.2. The summed E-state index contributed by atoms with van der Waals surface area (Å²) in [5, 5.41) is 3.54. The van der Waals surface area contributed by atoms with Crippen LogP contribution in [0.25, 0.3) is 0 Å². The smallest absolute Gasteiger partial charge is 0.0860 e. The van der Waals surface area contributed by atoms with Gasteiger partial charge in [0.25, 0.3) is 0 Å². The van der Waals surface area contributed by atoms with Crippen LogP contribution in [0.2, 0.25) is 0 Å². The number of hydrogen-bond acceptors (Lipinski definition) is 2. The zero-order chi connectivity index (χ0) is 11.6. The summed E-state index contributed by atoms with van der Waals surface area (Å²) in [6, 6.07) is 0. The largest absolute Gasteiger partial charge is 0.376 e. The van der Waals surface area contributed by atoms with Gasteiger partial charge < -0.3 is 5.32 Å². The highest BCUT2D eigenvalue weighted by molar-refractivity contribution is 5.84. The van der Waals surface area contributed by atoms with E-state index in [-0.39, 0.29) is 11.0 Å². The zero-order valence-electron chi connectivity index (χ0n) is 10.3. The van der Waals surface area contributed by atoms with E-state index in [4.69, 9.17) is 0 Å². The minimum atomic E-state index is 0.0188. The molecule has 2 nitrogen and oxygen atoms in total. The monoisotopic (exact) mass is 214 g/mol. The molecule has 0 aromatic rings. The summed E-state index contributed by atoms with van der Waals surface area (Å²) in [5.41, 5.74) is 3.97. The van der Waals surface area contributed by atoms with Gasteiger partial charge in [0.05, 0.1) is 16.7 Å². The molecule has 0 amide bonds. The molecule has 0 aromatic heterocycles. The van der Waals surface area contributed by atoms with Crippen LogP contribution in [0.5, 0.6) is 0 Å². The summed E-state index contributed by atoms with van der Waals surface area (Å²) in [4.78, 5) is 4.57. The number of hydrogen-bond donors (Lipinski definition) is 1. The molecule has 1 N–H and O–H groups in total. The molecule has 2 unspecified atom stereocenters. The molecule has 84 valence electrons. The van der Waals surface area contributed by atoms with Crippen molar-refractivity contribution in [2.75, 3.05) is 0 Å². The Bertz CT molecular complexity index is 479. The van der Waals surface area contributed by atoms with Crippen molar-refractivity contribution in [2.45, 2.75) is 33.2 Å². The van der Waals surface area contributed by atoms with Crippen LogP contribution in [0.4, 0.5) is 0 Å². The first kappa shape index (κ1) is 9.88. The number of aliphatic imine (C=N–C) groups is 1. The average Bonchev–Trinajstić information content (AvgIpc) is 2.36. The second kappa shape index (κ2) is 2.68. The molecule has 0 saturated carbocycles. The van der Waals surface area contributed by atoms with Gasteiger partial charge in [-0.2, -0.15) is 0 Å². The topological polar surface area (TPSA) is 24.4 Å². The predicted octanol–water partition coefficient (Wildman–Crippen LogP) is 2.80. The van der Waals surface area contributed by atoms with Crippen LogP contribution in [0, 0.1) is 11.3 Å². The molecule has 1 fully saturated rings. The Balaban J connectivity index is 2.14. The molecule has 1 saturated heterocycles. The molecule has 2 heterocycles. The van der Waals surface area contributed by atoms with Crippen molar-refractivity contribution >= 4 is 6.21 Å². The van der Waals surface area contributed by atoms with Gasteiger partial charge in [0.1, 0.15) is 0 Å².